The molecule has 0 aromatic heterocycles. The molecule has 1 aromatic rings. The summed E-state index contributed by atoms with van der Waals surface area (Å²) in [5.41, 5.74) is 1.13. The van der Waals surface area contributed by atoms with Gasteiger partial charge in [-0.05, 0) is 57.2 Å². The normalized spacial score (nSPS) is 22.0. The van der Waals surface area contributed by atoms with Gasteiger partial charge in [-0.3, -0.25) is 0 Å². The van der Waals surface area contributed by atoms with E-state index in [1.54, 1.807) is 6.07 Å². The maximum Gasteiger partial charge on any atom is 0.410 e. The van der Waals surface area contributed by atoms with Crippen LogP contribution in [0.15, 0.2) is 24.3 Å². The molecule has 1 saturated heterocycles. The Morgan fingerprint density at radius 2 is 2.14 bits per heavy atom. The van der Waals surface area contributed by atoms with Crippen molar-refractivity contribution in [2.24, 2.45) is 5.92 Å². The van der Waals surface area contributed by atoms with Gasteiger partial charge in [0.2, 0.25) is 0 Å². The number of carbonyl (C=O) groups excluding carboxylic acids is 1. The molecule has 22 heavy (non-hydrogen) atoms. The van der Waals surface area contributed by atoms with E-state index in [1.165, 1.54) is 0 Å². The van der Waals surface area contributed by atoms with Crippen LogP contribution in [0.3, 0.4) is 0 Å². The predicted molar refractivity (Wildman–Crippen MR) is 85.2 cm³/mol. The molecule has 0 unspecified atom stereocenters. The van der Waals surface area contributed by atoms with Crippen LogP contribution in [0.1, 0.15) is 57.7 Å². The van der Waals surface area contributed by atoms with Crippen LogP contribution in [-0.4, -0.2) is 23.1 Å². The monoisotopic (exact) mass is 300 g/mol. The standard InChI is InChI=1S/C18H24N2O2/c1-13-8-9-20(17(21)22-18(2,3)4)16(10-13)15-7-5-6-14(11-15)12-19/h5-7,11,13,16H,8-10H2,1-4H3/t13-,16+/m0/s1. The molecule has 118 valence electrons. The van der Waals surface area contributed by atoms with Gasteiger partial charge in [0.15, 0.2) is 0 Å². The predicted octanol–water partition coefficient (Wildman–Crippen LogP) is 4.27. The largest absolute Gasteiger partial charge is 0.444 e. The molecule has 0 saturated carbocycles. The lowest BCUT2D eigenvalue weighted by Crippen LogP contribution is -2.43. The first-order valence-electron chi connectivity index (χ1n) is 7.80. The van der Waals surface area contributed by atoms with Crippen LogP contribution < -0.4 is 0 Å². The van der Waals surface area contributed by atoms with Crippen LogP contribution in [-0.2, 0) is 4.74 Å². The lowest BCUT2D eigenvalue weighted by molar-refractivity contribution is 0.00512. The Morgan fingerprint density at radius 1 is 1.41 bits per heavy atom. The SMILES string of the molecule is C[C@H]1CCN(C(=O)OC(C)(C)C)[C@@H](c2cccc(C#N)c2)C1. The Hall–Kier alpha value is -2.02. The molecule has 1 aromatic carbocycles. The third-order valence-electron chi connectivity index (χ3n) is 3.89. The minimum absolute atomic E-state index is 0.0214. The molecule has 2 atom stereocenters. The molecule has 0 radical (unpaired) electrons. The fourth-order valence-corrected chi connectivity index (χ4v) is 2.81. The van der Waals surface area contributed by atoms with E-state index in [2.05, 4.69) is 13.0 Å². The van der Waals surface area contributed by atoms with Crippen LogP contribution >= 0.6 is 0 Å². The van der Waals surface area contributed by atoms with Crippen molar-refractivity contribution in [1.82, 2.24) is 4.90 Å². The smallest absolute Gasteiger partial charge is 0.410 e. The first-order chi connectivity index (χ1) is 10.3. The van der Waals surface area contributed by atoms with Crippen LogP contribution in [0.2, 0.25) is 0 Å². The van der Waals surface area contributed by atoms with Crippen LogP contribution in [0.25, 0.3) is 0 Å². The highest BCUT2D eigenvalue weighted by Crippen LogP contribution is 2.35. The lowest BCUT2D eigenvalue weighted by Gasteiger charge is -2.39. The quantitative estimate of drug-likeness (QED) is 0.778. The molecule has 1 aliphatic heterocycles. The van der Waals surface area contributed by atoms with E-state index in [9.17, 15) is 4.79 Å². The molecule has 4 nitrogen and oxygen atoms in total. The fraction of sp³-hybridized carbons (Fsp3) is 0.556. The van der Waals surface area contributed by atoms with Gasteiger partial charge in [0, 0.05) is 6.54 Å². The molecule has 0 aliphatic carbocycles. The van der Waals surface area contributed by atoms with E-state index in [-0.39, 0.29) is 12.1 Å². The molecule has 4 heteroatoms. The maximum atomic E-state index is 12.5. The van der Waals surface area contributed by atoms with Crippen molar-refractivity contribution in [2.45, 2.75) is 52.2 Å². The van der Waals surface area contributed by atoms with Crippen molar-refractivity contribution in [3.8, 4) is 6.07 Å². The van der Waals surface area contributed by atoms with Crippen LogP contribution in [0, 0.1) is 17.2 Å². The summed E-state index contributed by atoms with van der Waals surface area (Å²) in [5, 5.41) is 9.09. The first-order valence-corrected chi connectivity index (χ1v) is 7.80. The van der Waals surface area contributed by atoms with Crippen molar-refractivity contribution in [3.63, 3.8) is 0 Å². The summed E-state index contributed by atoms with van der Waals surface area (Å²) in [5.74, 6) is 0.550. The van der Waals surface area contributed by atoms with Gasteiger partial charge >= 0.3 is 6.09 Å². The maximum absolute atomic E-state index is 12.5. The number of hydrogen-bond donors (Lipinski definition) is 0. The number of rotatable bonds is 1. The van der Waals surface area contributed by atoms with E-state index in [0.29, 0.717) is 18.0 Å². The number of likely N-dealkylation sites (tertiary alicyclic amines) is 1. The van der Waals surface area contributed by atoms with Crippen molar-refractivity contribution >= 4 is 6.09 Å². The van der Waals surface area contributed by atoms with Gasteiger partial charge in [-0.1, -0.05) is 19.1 Å². The molecular formula is C18H24N2O2. The van der Waals surface area contributed by atoms with E-state index < -0.39 is 5.60 Å². The number of nitrogens with zero attached hydrogens (tertiary/aromatic N) is 2. The molecule has 0 N–H and O–H groups in total. The Labute approximate surface area is 132 Å². The van der Waals surface area contributed by atoms with Crippen molar-refractivity contribution in [3.05, 3.63) is 35.4 Å². The summed E-state index contributed by atoms with van der Waals surface area (Å²) >= 11 is 0. The second kappa shape index (κ2) is 6.39. The third-order valence-corrected chi connectivity index (χ3v) is 3.89. The Morgan fingerprint density at radius 3 is 2.77 bits per heavy atom. The van der Waals surface area contributed by atoms with Crippen molar-refractivity contribution in [1.29, 1.82) is 5.26 Å². The minimum atomic E-state index is -0.501. The van der Waals surface area contributed by atoms with Gasteiger partial charge in [-0.15, -0.1) is 0 Å². The summed E-state index contributed by atoms with van der Waals surface area (Å²) in [6.07, 6.45) is 1.61. The van der Waals surface area contributed by atoms with Gasteiger partial charge in [-0.2, -0.15) is 5.26 Å². The van der Waals surface area contributed by atoms with Gasteiger partial charge < -0.3 is 9.64 Å². The van der Waals surface area contributed by atoms with Gasteiger partial charge in [0.1, 0.15) is 5.60 Å². The van der Waals surface area contributed by atoms with E-state index in [0.717, 1.165) is 18.4 Å². The number of amides is 1. The number of hydrogen-bond acceptors (Lipinski definition) is 3. The van der Waals surface area contributed by atoms with Crippen LogP contribution in [0.5, 0.6) is 0 Å². The van der Waals surface area contributed by atoms with E-state index in [1.807, 2.05) is 43.9 Å². The number of carbonyl (C=O) groups is 1. The fourth-order valence-electron chi connectivity index (χ4n) is 2.81. The summed E-state index contributed by atoms with van der Waals surface area (Å²) in [7, 11) is 0. The van der Waals surface area contributed by atoms with Gasteiger partial charge in [0.05, 0.1) is 17.7 Å². The van der Waals surface area contributed by atoms with E-state index in [4.69, 9.17) is 10.00 Å². The van der Waals surface area contributed by atoms with Crippen molar-refractivity contribution < 1.29 is 9.53 Å². The highest BCUT2D eigenvalue weighted by molar-refractivity contribution is 5.69. The van der Waals surface area contributed by atoms with E-state index >= 15 is 0 Å². The number of piperidine rings is 1. The molecule has 1 aliphatic rings. The van der Waals surface area contributed by atoms with Gasteiger partial charge in [-0.25, -0.2) is 4.79 Å². The topological polar surface area (TPSA) is 53.3 Å². The Balaban J connectivity index is 2.27. The second-order valence-corrected chi connectivity index (χ2v) is 7.06. The summed E-state index contributed by atoms with van der Waals surface area (Å²) in [4.78, 5) is 14.3. The van der Waals surface area contributed by atoms with Crippen LogP contribution in [0.4, 0.5) is 4.79 Å². The minimum Gasteiger partial charge on any atom is -0.444 e. The first kappa shape index (κ1) is 16.4. The molecule has 0 bridgehead atoms. The molecule has 1 fully saturated rings. The highest BCUT2D eigenvalue weighted by atomic mass is 16.6. The molecule has 1 amide bonds. The highest BCUT2D eigenvalue weighted by Gasteiger charge is 2.33. The Kier molecular flexibility index (Phi) is 4.75. The average molecular weight is 300 g/mol. The summed E-state index contributed by atoms with van der Waals surface area (Å²) < 4.78 is 5.54. The second-order valence-electron chi connectivity index (χ2n) is 7.06. The van der Waals surface area contributed by atoms with Crippen molar-refractivity contribution in [2.75, 3.05) is 6.54 Å². The molecular weight excluding hydrogens is 276 g/mol. The third kappa shape index (κ3) is 4.00. The molecule has 2 rings (SSSR count). The lowest BCUT2D eigenvalue weighted by atomic mass is 9.88. The number of benzene rings is 1. The average Bonchev–Trinajstić information content (AvgIpc) is 2.45. The van der Waals surface area contributed by atoms with Gasteiger partial charge in [0.25, 0.3) is 0 Å². The zero-order valence-corrected chi connectivity index (χ0v) is 13.8. The Bertz CT molecular complexity index is 583. The number of nitriles is 1. The molecule has 0 spiro atoms. The molecule has 1 heterocycles. The summed E-state index contributed by atoms with van der Waals surface area (Å²) in [6, 6.07) is 9.67. The zero-order chi connectivity index (χ0) is 16.3. The zero-order valence-electron chi connectivity index (χ0n) is 13.8. The number of ether oxygens (including phenoxy) is 1. The summed E-state index contributed by atoms with van der Waals surface area (Å²) in [6.45, 7) is 8.53.